The van der Waals surface area contributed by atoms with Gasteiger partial charge < -0.3 is 18.9 Å². The van der Waals surface area contributed by atoms with E-state index in [4.69, 9.17) is 18.9 Å². The number of esters is 4. The quantitative estimate of drug-likeness (QED) is 0.287. The molecular weight excluding hydrogens is 466 g/mol. The number of nitrogens with one attached hydrogen (secondary N) is 1. The number of hydrogen-bond acceptors (Lipinski definition) is 9. The molecule has 0 saturated heterocycles. The molecule has 36 heavy (non-hydrogen) atoms. The second kappa shape index (κ2) is 11.2. The standard InChI is InChI=1S/C27H39NO8/c1-16-7-8-22-26(4,11-9-23(36-18(3)30)27(22,5)15-35-17(2)29)20(16)13-21(28-14-24(31)33-6)19-10-12-34-25(19)32/h10,20-23,28H,1,7-9,11-15H2,2-6H3/t20-,21?,22?,23-,26+,27+/m1/s1. The van der Waals surface area contributed by atoms with Crippen LogP contribution in [0.1, 0.15) is 59.8 Å². The first-order valence-electron chi connectivity index (χ1n) is 12.6. The zero-order valence-corrected chi connectivity index (χ0v) is 22.0. The molecule has 0 radical (unpaired) electrons. The predicted octanol–water partition coefficient (Wildman–Crippen LogP) is 2.87. The van der Waals surface area contributed by atoms with E-state index in [1.807, 2.05) is 6.92 Å². The fourth-order valence-corrected chi connectivity index (χ4v) is 6.74. The van der Waals surface area contributed by atoms with Crippen LogP contribution in [0.5, 0.6) is 0 Å². The highest BCUT2D eigenvalue weighted by molar-refractivity contribution is 5.91. The summed E-state index contributed by atoms with van der Waals surface area (Å²) in [5.41, 5.74) is 0.763. The minimum Gasteiger partial charge on any atom is -0.468 e. The van der Waals surface area contributed by atoms with Gasteiger partial charge in [-0.3, -0.25) is 19.7 Å². The van der Waals surface area contributed by atoms with Gasteiger partial charge in [0.25, 0.3) is 0 Å². The van der Waals surface area contributed by atoms with Gasteiger partial charge in [0.05, 0.1) is 19.2 Å². The van der Waals surface area contributed by atoms with E-state index in [2.05, 4.69) is 18.8 Å². The number of hydrogen-bond donors (Lipinski definition) is 1. The van der Waals surface area contributed by atoms with Gasteiger partial charge in [-0.25, -0.2) is 4.79 Å². The first-order chi connectivity index (χ1) is 16.9. The second-order valence-electron chi connectivity index (χ2n) is 10.7. The van der Waals surface area contributed by atoms with Gasteiger partial charge in [-0.05, 0) is 55.4 Å². The Labute approximate surface area is 212 Å². The largest absolute Gasteiger partial charge is 0.468 e. The lowest BCUT2D eigenvalue weighted by Crippen LogP contribution is -2.59. The number of fused-ring (bicyclic) bond motifs is 1. The molecule has 6 atom stereocenters. The molecule has 0 bridgehead atoms. The topological polar surface area (TPSA) is 117 Å². The van der Waals surface area contributed by atoms with Gasteiger partial charge in [-0.1, -0.05) is 26.0 Å². The van der Waals surface area contributed by atoms with Crippen molar-refractivity contribution in [1.82, 2.24) is 5.32 Å². The average Bonchev–Trinajstić information content (AvgIpc) is 3.24. The maximum Gasteiger partial charge on any atom is 0.335 e. The first-order valence-corrected chi connectivity index (χ1v) is 12.6. The molecule has 2 fully saturated rings. The Morgan fingerprint density at radius 3 is 2.53 bits per heavy atom. The van der Waals surface area contributed by atoms with Gasteiger partial charge in [0.2, 0.25) is 0 Å². The average molecular weight is 506 g/mol. The van der Waals surface area contributed by atoms with E-state index in [9.17, 15) is 19.2 Å². The maximum atomic E-state index is 12.4. The zero-order valence-electron chi connectivity index (χ0n) is 22.0. The summed E-state index contributed by atoms with van der Waals surface area (Å²) < 4.78 is 21.2. The van der Waals surface area contributed by atoms with E-state index >= 15 is 0 Å². The van der Waals surface area contributed by atoms with Gasteiger partial charge in [0.1, 0.15) is 19.3 Å². The van der Waals surface area contributed by atoms with Crippen LogP contribution in [0.25, 0.3) is 0 Å². The van der Waals surface area contributed by atoms with Crippen LogP contribution in [0, 0.1) is 22.7 Å². The van der Waals surface area contributed by atoms with Crippen molar-refractivity contribution in [2.45, 2.75) is 71.9 Å². The molecule has 200 valence electrons. The highest BCUT2D eigenvalue weighted by Crippen LogP contribution is 2.62. The van der Waals surface area contributed by atoms with E-state index < -0.39 is 23.4 Å². The summed E-state index contributed by atoms with van der Waals surface area (Å²) in [5.74, 6) is -1.46. The van der Waals surface area contributed by atoms with Crippen LogP contribution in [-0.2, 0) is 38.1 Å². The Morgan fingerprint density at radius 2 is 1.94 bits per heavy atom. The van der Waals surface area contributed by atoms with Gasteiger partial charge in [-0.2, -0.15) is 0 Å². The van der Waals surface area contributed by atoms with Crippen molar-refractivity contribution in [3.63, 3.8) is 0 Å². The number of ether oxygens (including phenoxy) is 4. The molecule has 2 aliphatic carbocycles. The second-order valence-corrected chi connectivity index (χ2v) is 10.7. The molecule has 0 aromatic carbocycles. The molecule has 1 N–H and O–H groups in total. The highest BCUT2D eigenvalue weighted by Gasteiger charge is 2.60. The molecule has 3 aliphatic rings. The van der Waals surface area contributed by atoms with E-state index in [0.717, 1.165) is 24.8 Å². The number of cyclic esters (lactones) is 1. The van der Waals surface area contributed by atoms with Gasteiger partial charge in [0.15, 0.2) is 0 Å². The molecule has 0 aromatic rings. The van der Waals surface area contributed by atoms with Crippen LogP contribution < -0.4 is 5.32 Å². The zero-order chi connectivity index (χ0) is 26.7. The Bertz CT molecular complexity index is 942. The molecule has 1 aliphatic heterocycles. The molecule has 0 spiro atoms. The molecular formula is C27H39NO8. The molecule has 9 nitrogen and oxygen atoms in total. The number of methoxy groups -OCH3 is 1. The monoisotopic (exact) mass is 505 g/mol. The van der Waals surface area contributed by atoms with Gasteiger partial charge >= 0.3 is 23.9 Å². The van der Waals surface area contributed by atoms with Gasteiger partial charge in [0, 0.05) is 25.3 Å². The van der Waals surface area contributed by atoms with Gasteiger partial charge in [-0.15, -0.1) is 0 Å². The Hall–Kier alpha value is -2.68. The lowest BCUT2D eigenvalue weighted by molar-refractivity contribution is -0.192. The summed E-state index contributed by atoms with van der Waals surface area (Å²) in [6, 6.07) is -0.414. The van der Waals surface area contributed by atoms with Crippen LogP contribution in [0.2, 0.25) is 0 Å². The van der Waals surface area contributed by atoms with Crippen molar-refractivity contribution in [3.05, 3.63) is 23.8 Å². The fourth-order valence-electron chi connectivity index (χ4n) is 6.74. The van der Waals surface area contributed by atoms with Crippen LogP contribution in [-0.4, -0.2) is 62.9 Å². The Morgan fingerprint density at radius 1 is 1.22 bits per heavy atom. The number of rotatable bonds is 9. The van der Waals surface area contributed by atoms with Crippen LogP contribution in [0.3, 0.4) is 0 Å². The van der Waals surface area contributed by atoms with E-state index in [1.54, 1.807) is 6.08 Å². The molecule has 0 amide bonds. The number of allylic oxidation sites excluding steroid dienone is 1. The number of carbonyl (C=O) groups excluding carboxylic acids is 4. The third-order valence-electron chi connectivity index (χ3n) is 8.53. The summed E-state index contributed by atoms with van der Waals surface area (Å²) in [7, 11) is 1.32. The van der Waals surface area contributed by atoms with Crippen LogP contribution in [0.15, 0.2) is 23.8 Å². The maximum absolute atomic E-state index is 12.4. The minimum atomic E-state index is -0.580. The lowest BCUT2D eigenvalue weighted by atomic mass is 9.46. The fraction of sp³-hybridized carbons (Fsp3) is 0.704. The molecule has 2 saturated carbocycles. The summed E-state index contributed by atoms with van der Waals surface area (Å²) in [6.07, 6.45) is 4.92. The van der Waals surface area contributed by atoms with Crippen LogP contribution >= 0.6 is 0 Å². The SMILES string of the molecule is C=C1CCC2[C@](C)(COC(C)=O)[C@H](OC(C)=O)CC[C@@]2(C)[C@@H]1CC(NCC(=O)OC)C1=CCOC1=O. The normalized spacial score (nSPS) is 32.6. The van der Waals surface area contributed by atoms with E-state index in [0.29, 0.717) is 18.4 Å². The third-order valence-corrected chi connectivity index (χ3v) is 8.53. The van der Waals surface area contributed by atoms with E-state index in [1.165, 1.54) is 21.0 Å². The minimum absolute atomic E-state index is 0.00984. The summed E-state index contributed by atoms with van der Waals surface area (Å²) >= 11 is 0. The molecule has 1 heterocycles. The van der Waals surface area contributed by atoms with E-state index in [-0.39, 0.29) is 55.1 Å². The van der Waals surface area contributed by atoms with Crippen molar-refractivity contribution in [3.8, 4) is 0 Å². The lowest BCUT2D eigenvalue weighted by Gasteiger charge is -2.60. The molecule has 9 heteroatoms. The smallest absolute Gasteiger partial charge is 0.335 e. The summed E-state index contributed by atoms with van der Waals surface area (Å²) in [5, 5.41) is 3.20. The Kier molecular flexibility index (Phi) is 8.64. The number of carbonyl (C=O) groups is 4. The van der Waals surface area contributed by atoms with Crippen molar-refractivity contribution < 1.29 is 38.1 Å². The predicted molar refractivity (Wildman–Crippen MR) is 130 cm³/mol. The van der Waals surface area contributed by atoms with Crippen molar-refractivity contribution >= 4 is 23.9 Å². The third kappa shape index (κ3) is 5.66. The molecule has 3 rings (SSSR count). The van der Waals surface area contributed by atoms with Crippen molar-refractivity contribution in [2.24, 2.45) is 22.7 Å². The van der Waals surface area contributed by atoms with Crippen molar-refractivity contribution in [2.75, 3.05) is 26.9 Å². The molecule has 0 aromatic heterocycles. The molecule has 2 unspecified atom stereocenters. The van der Waals surface area contributed by atoms with Crippen molar-refractivity contribution in [1.29, 1.82) is 0 Å². The van der Waals surface area contributed by atoms with Crippen LogP contribution in [0.4, 0.5) is 0 Å². The summed E-state index contributed by atoms with van der Waals surface area (Å²) in [6.45, 7) is 11.8. The first kappa shape index (κ1) is 27.9. The highest BCUT2D eigenvalue weighted by atomic mass is 16.6. The summed E-state index contributed by atoms with van der Waals surface area (Å²) in [4.78, 5) is 48.0. The Balaban J connectivity index is 1.94.